The van der Waals surface area contributed by atoms with Crippen LogP contribution in [0.5, 0.6) is 11.5 Å². The second-order valence-corrected chi connectivity index (χ2v) is 7.52. The van der Waals surface area contributed by atoms with Crippen molar-refractivity contribution in [3.8, 4) is 11.5 Å². The van der Waals surface area contributed by atoms with Crippen molar-refractivity contribution in [2.24, 2.45) is 0 Å². The normalized spacial score (nSPS) is 17.0. The van der Waals surface area contributed by atoms with Crippen LogP contribution in [0, 0.1) is 13.8 Å². The number of ketones is 1. The van der Waals surface area contributed by atoms with E-state index in [0.717, 1.165) is 24.0 Å². The number of ether oxygens (including phenoxy) is 2. The second kappa shape index (κ2) is 6.72. The van der Waals surface area contributed by atoms with Crippen LogP contribution in [0.3, 0.4) is 0 Å². The lowest BCUT2D eigenvalue weighted by atomic mass is 9.86. The van der Waals surface area contributed by atoms with Gasteiger partial charge in [-0.15, -0.1) is 0 Å². The van der Waals surface area contributed by atoms with E-state index in [1.165, 1.54) is 0 Å². The molecule has 0 spiro atoms. The number of nitrogens with one attached hydrogen (secondary N) is 1. The molecule has 140 valence electrons. The van der Waals surface area contributed by atoms with E-state index in [2.05, 4.69) is 5.32 Å². The fraction of sp³-hybridized carbons (Fsp3) is 0.364. The lowest BCUT2D eigenvalue weighted by Crippen LogP contribution is -2.52. The lowest BCUT2D eigenvalue weighted by molar-refractivity contribution is 0.0770. The van der Waals surface area contributed by atoms with Crippen LogP contribution < -0.4 is 14.8 Å². The topological polar surface area (TPSA) is 64.6 Å². The summed E-state index contributed by atoms with van der Waals surface area (Å²) < 4.78 is 10.7. The summed E-state index contributed by atoms with van der Waals surface area (Å²) in [5.41, 5.74) is 2.40. The number of rotatable bonds is 4. The van der Waals surface area contributed by atoms with Gasteiger partial charge in [0.2, 0.25) is 6.79 Å². The third kappa shape index (κ3) is 3.29. The third-order valence-corrected chi connectivity index (χ3v) is 5.36. The maximum absolute atomic E-state index is 13.4. The number of hydrogen-bond acceptors (Lipinski definition) is 4. The second-order valence-electron chi connectivity index (χ2n) is 7.52. The number of hydrogen-bond donors (Lipinski definition) is 1. The summed E-state index contributed by atoms with van der Waals surface area (Å²) in [6.45, 7) is 4.13. The molecule has 1 aliphatic carbocycles. The summed E-state index contributed by atoms with van der Waals surface area (Å²) in [5, 5.41) is 3.05. The van der Waals surface area contributed by atoms with Gasteiger partial charge >= 0.3 is 0 Å². The number of fused-ring (bicyclic) bond motifs is 1. The summed E-state index contributed by atoms with van der Waals surface area (Å²) in [7, 11) is 0. The maximum Gasteiger partial charge on any atom is 0.252 e. The van der Waals surface area contributed by atoms with E-state index >= 15 is 0 Å². The number of aryl methyl sites for hydroxylation is 2. The number of amides is 1. The Balaban J connectivity index is 1.62. The molecule has 1 amide bonds. The van der Waals surface area contributed by atoms with E-state index in [-0.39, 0.29) is 18.5 Å². The van der Waals surface area contributed by atoms with Crippen molar-refractivity contribution in [2.45, 2.75) is 45.1 Å². The molecule has 4 rings (SSSR count). The molecule has 1 aliphatic heterocycles. The monoisotopic (exact) mass is 365 g/mol. The quantitative estimate of drug-likeness (QED) is 0.833. The molecule has 0 unspecified atom stereocenters. The molecule has 1 fully saturated rings. The molecule has 2 aromatic rings. The zero-order chi connectivity index (χ0) is 19.0. The van der Waals surface area contributed by atoms with Crippen molar-refractivity contribution < 1.29 is 19.1 Å². The summed E-state index contributed by atoms with van der Waals surface area (Å²) >= 11 is 0. The Morgan fingerprint density at radius 3 is 2.26 bits per heavy atom. The van der Waals surface area contributed by atoms with Gasteiger partial charge in [-0.2, -0.15) is 0 Å². The first-order chi connectivity index (χ1) is 13.0. The zero-order valence-electron chi connectivity index (χ0n) is 15.6. The molecule has 1 heterocycles. The molecule has 27 heavy (non-hydrogen) atoms. The van der Waals surface area contributed by atoms with Crippen molar-refractivity contribution in [1.82, 2.24) is 5.32 Å². The summed E-state index contributed by atoms with van der Waals surface area (Å²) in [6, 6.07) is 11.0. The highest BCUT2D eigenvalue weighted by Crippen LogP contribution is 2.35. The first-order valence-corrected chi connectivity index (χ1v) is 9.32. The Hall–Kier alpha value is -2.82. The van der Waals surface area contributed by atoms with Gasteiger partial charge in [-0.3, -0.25) is 9.59 Å². The molecule has 0 saturated heterocycles. The number of Topliss-reactive ketones (excluding diaryl/α,β-unsaturated/α-hetero) is 1. The molecule has 1 N–H and O–H groups in total. The van der Waals surface area contributed by atoms with Crippen LogP contribution in [-0.4, -0.2) is 24.0 Å². The minimum atomic E-state index is -0.840. The van der Waals surface area contributed by atoms with Gasteiger partial charge in [0.15, 0.2) is 17.3 Å². The predicted octanol–water partition coefficient (Wildman–Crippen LogP) is 3.96. The van der Waals surface area contributed by atoms with Gasteiger partial charge in [-0.25, -0.2) is 0 Å². The first-order valence-electron chi connectivity index (χ1n) is 9.32. The van der Waals surface area contributed by atoms with Gasteiger partial charge in [0, 0.05) is 11.1 Å². The van der Waals surface area contributed by atoms with E-state index < -0.39 is 5.54 Å². The SMILES string of the molecule is Cc1cc(C)cc(C(=O)C2(NC(=O)c3ccc4c(c3)OCO4)CCCC2)c1. The predicted molar refractivity (Wildman–Crippen MR) is 101 cm³/mol. The van der Waals surface area contributed by atoms with Crippen LogP contribution in [0.15, 0.2) is 36.4 Å². The summed E-state index contributed by atoms with van der Waals surface area (Å²) in [4.78, 5) is 26.3. The molecule has 5 heteroatoms. The highest BCUT2D eigenvalue weighted by molar-refractivity contribution is 6.07. The van der Waals surface area contributed by atoms with E-state index in [9.17, 15) is 9.59 Å². The Kier molecular flexibility index (Phi) is 4.38. The molecule has 0 aromatic heterocycles. The minimum absolute atomic E-state index is 0.000827. The molecule has 0 bridgehead atoms. The van der Waals surface area contributed by atoms with Crippen molar-refractivity contribution in [1.29, 1.82) is 0 Å². The van der Waals surface area contributed by atoms with E-state index in [1.807, 2.05) is 32.0 Å². The average Bonchev–Trinajstić information content (AvgIpc) is 3.29. The number of carbonyl (C=O) groups excluding carboxylic acids is 2. The lowest BCUT2D eigenvalue weighted by Gasteiger charge is -2.29. The van der Waals surface area contributed by atoms with Crippen LogP contribution >= 0.6 is 0 Å². The fourth-order valence-corrected chi connectivity index (χ4v) is 4.10. The van der Waals surface area contributed by atoms with Gasteiger partial charge in [-0.1, -0.05) is 30.0 Å². The highest BCUT2D eigenvalue weighted by Gasteiger charge is 2.43. The van der Waals surface area contributed by atoms with Gasteiger partial charge in [0.1, 0.15) is 5.54 Å². The Morgan fingerprint density at radius 1 is 0.889 bits per heavy atom. The summed E-state index contributed by atoms with van der Waals surface area (Å²) in [5.74, 6) is 0.936. The van der Waals surface area contributed by atoms with E-state index in [0.29, 0.717) is 35.5 Å². The molecule has 0 radical (unpaired) electrons. The molecule has 0 atom stereocenters. The van der Waals surface area contributed by atoms with Crippen molar-refractivity contribution in [3.63, 3.8) is 0 Å². The van der Waals surface area contributed by atoms with Crippen molar-refractivity contribution >= 4 is 11.7 Å². The Bertz CT molecular complexity index is 892. The van der Waals surface area contributed by atoms with Crippen LogP contribution in [0.25, 0.3) is 0 Å². The van der Waals surface area contributed by atoms with E-state index in [4.69, 9.17) is 9.47 Å². The van der Waals surface area contributed by atoms with Gasteiger partial charge in [-0.05, 0) is 57.0 Å². The van der Waals surface area contributed by atoms with Crippen molar-refractivity contribution in [3.05, 3.63) is 58.7 Å². The van der Waals surface area contributed by atoms with Crippen molar-refractivity contribution in [2.75, 3.05) is 6.79 Å². The summed E-state index contributed by atoms with van der Waals surface area (Å²) in [6.07, 6.45) is 3.18. The fourth-order valence-electron chi connectivity index (χ4n) is 4.10. The van der Waals surface area contributed by atoms with Crippen LogP contribution in [0.1, 0.15) is 57.5 Å². The molecular weight excluding hydrogens is 342 g/mol. The standard InChI is InChI=1S/C22H23NO4/c1-14-9-15(2)11-17(10-14)20(24)22(7-3-4-8-22)23-21(25)16-5-6-18-19(12-16)27-13-26-18/h5-6,9-12H,3-4,7-8,13H2,1-2H3,(H,23,25). The van der Waals surface area contributed by atoms with Crippen LogP contribution in [-0.2, 0) is 0 Å². The molecule has 1 saturated carbocycles. The average molecular weight is 365 g/mol. The Morgan fingerprint density at radius 2 is 1.56 bits per heavy atom. The zero-order valence-corrected chi connectivity index (χ0v) is 15.6. The minimum Gasteiger partial charge on any atom is -0.454 e. The number of benzene rings is 2. The van der Waals surface area contributed by atoms with Gasteiger partial charge in [0.05, 0.1) is 0 Å². The highest BCUT2D eigenvalue weighted by atomic mass is 16.7. The van der Waals surface area contributed by atoms with Crippen LogP contribution in [0.2, 0.25) is 0 Å². The molecular formula is C22H23NO4. The Labute approximate surface area is 158 Å². The first kappa shape index (κ1) is 17.6. The van der Waals surface area contributed by atoms with E-state index in [1.54, 1.807) is 18.2 Å². The van der Waals surface area contributed by atoms with Crippen LogP contribution in [0.4, 0.5) is 0 Å². The third-order valence-electron chi connectivity index (χ3n) is 5.36. The smallest absolute Gasteiger partial charge is 0.252 e. The largest absolute Gasteiger partial charge is 0.454 e. The van der Waals surface area contributed by atoms with Gasteiger partial charge < -0.3 is 14.8 Å². The maximum atomic E-state index is 13.4. The molecule has 2 aromatic carbocycles. The van der Waals surface area contributed by atoms with Gasteiger partial charge in [0.25, 0.3) is 5.91 Å². The molecule has 5 nitrogen and oxygen atoms in total. The number of carbonyl (C=O) groups is 2. The molecule has 2 aliphatic rings.